The minimum Gasteiger partial charge on any atom is -0.444 e. The van der Waals surface area contributed by atoms with Crippen LogP contribution < -0.4 is 5.36 Å². The summed E-state index contributed by atoms with van der Waals surface area (Å²) in [5, 5.41) is 4.66. The van der Waals surface area contributed by atoms with Crippen molar-refractivity contribution in [2.75, 3.05) is 6.61 Å². The van der Waals surface area contributed by atoms with Crippen molar-refractivity contribution >= 4 is 6.09 Å². The molecule has 0 bridgehead atoms. The van der Waals surface area contributed by atoms with Crippen LogP contribution in [0.5, 0.6) is 0 Å². The molecule has 0 radical (unpaired) electrons. The van der Waals surface area contributed by atoms with Crippen LogP contribution in [0.25, 0.3) is 5.69 Å². The van der Waals surface area contributed by atoms with Crippen molar-refractivity contribution in [3.63, 3.8) is 0 Å². The first-order valence-electron chi connectivity index (χ1n) is 6.22. The van der Waals surface area contributed by atoms with Gasteiger partial charge in [0.15, 0.2) is 0 Å². The molecule has 1 amide bonds. The monoisotopic (exact) mass is 269 g/mol. The Hall–Kier alpha value is -2.69. The summed E-state index contributed by atoms with van der Waals surface area (Å²) < 4.78 is 6.57. The lowest BCUT2D eigenvalue weighted by Gasteiger charge is -2.03. The van der Waals surface area contributed by atoms with Crippen molar-refractivity contribution in [3.8, 4) is 5.69 Å². The average molecular weight is 269 g/mol. The fourth-order valence-electron chi connectivity index (χ4n) is 1.50. The van der Waals surface area contributed by atoms with Gasteiger partial charge in [0.1, 0.15) is 6.61 Å². The number of carbonyl (C=O) groups excluding carboxylic acids is 1. The van der Waals surface area contributed by atoms with E-state index in [1.807, 2.05) is 37.3 Å². The van der Waals surface area contributed by atoms with Crippen molar-refractivity contribution in [2.24, 2.45) is 4.99 Å². The van der Waals surface area contributed by atoms with Crippen LogP contribution in [0.2, 0.25) is 0 Å². The van der Waals surface area contributed by atoms with Crippen LogP contribution in [0, 0.1) is 0 Å². The van der Waals surface area contributed by atoms with E-state index in [-0.39, 0.29) is 6.61 Å². The van der Waals surface area contributed by atoms with E-state index < -0.39 is 6.09 Å². The number of nitrogens with zero attached hydrogens (tertiary/aromatic N) is 3. The van der Waals surface area contributed by atoms with Crippen LogP contribution in [0.3, 0.4) is 0 Å². The maximum absolute atomic E-state index is 11.4. The largest absolute Gasteiger partial charge is 0.444 e. The Morgan fingerprint density at radius 1 is 1.35 bits per heavy atom. The number of amides is 1. The Morgan fingerprint density at radius 3 is 2.80 bits per heavy atom. The van der Waals surface area contributed by atoms with Gasteiger partial charge in [-0.2, -0.15) is 10.1 Å². The standard InChI is InChI=1S/C15H15N3O2/c1-2-3-11-20-15(19)17-13-9-10-18(16-12-13)14-7-5-4-6-8-14/h2-10,12H,11H2,1H3. The van der Waals surface area contributed by atoms with Gasteiger partial charge in [0.2, 0.25) is 0 Å². The predicted molar refractivity (Wildman–Crippen MR) is 75.3 cm³/mol. The lowest BCUT2D eigenvalue weighted by Crippen LogP contribution is -2.11. The number of aromatic nitrogens is 2. The minimum atomic E-state index is -0.623. The van der Waals surface area contributed by atoms with E-state index in [0.717, 1.165) is 5.69 Å². The molecule has 0 spiro atoms. The van der Waals surface area contributed by atoms with Gasteiger partial charge in [0.25, 0.3) is 0 Å². The van der Waals surface area contributed by atoms with Gasteiger partial charge in [-0.25, -0.2) is 9.48 Å². The molecule has 20 heavy (non-hydrogen) atoms. The molecule has 0 aliphatic heterocycles. The topological polar surface area (TPSA) is 56.5 Å². The molecule has 0 unspecified atom stereocenters. The molecule has 2 aromatic rings. The minimum absolute atomic E-state index is 0.225. The summed E-state index contributed by atoms with van der Waals surface area (Å²) in [4.78, 5) is 15.2. The zero-order valence-electron chi connectivity index (χ0n) is 11.1. The van der Waals surface area contributed by atoms with Gasteiger partial charge < -0.3 is 4.74 Å². The number of hydrogen-bond donors (Lipinski definition) is 0. The quantitative estimate of drug-likeness (QED) is 0.804. The van der Waals surface area contributed by atoms with Gasteiger partial charge in [0.05, 0.1) is 17.2 Å². The maximum Gasteiger partial charge on any atom is 0.434 e. The molecule has 1 heterocycles. The van der Waals surface area contributed by atoms with Crippen LogP contribution in [0.1, 0.15) is 6.92 Å². The molecule has 0 saturated heterocycles. The van der Waals surface area contributed by atoms with Gasteiger partial charge in [0, 0.05) is 6.20 Å². The second kappa shape index (κ2) is 7.04. The van der Waals surface area contributed by atoms with Crippen molar-refractivity contribution in [1.82, 2.24) is 9.78 Å². The van der Waals surface area contributed by atoms with E-state index >= 15 is 0 Å². The summed E-state index contributed by atoms with van der Waals surface area (Å²) in [5.74, 6) is 0. The number of allylic oxidation sites excluding steroid dienone is 1. The first kappa shape index (κ1) is 13.7. The normalized spacial score (nSPS) is 11.8. The Bertz CT molecular complexity index is 640. The molecule has 5 nitrogen and oxygen atoms in total. The molecule has 0 saturated carbocycles. The molecule has 0 atom stereocenters. The highest BCUT2D eigenvalue weighted by molar-refractivity contribution is 5.68. The van der Waals surface area contributed by atoms with E-state index in [9.17, 15) is 4.79 Å². The zero-order valence-corrected chi connectivity index (χ0v) is 11.1. The van der Waals surface area contributed by atoms with Crippen molar-refractivity contribution in [2.45, 2.75) is 6.92 Å². The molecule has 0 aliphatic rings. The number of carbonyl (C=O) groups is 1. The lowest BCUT2D eigenvalue weighted by atomic mass is 10.3. The van der Waals surface area contributed by atoms with Crippen LogP contribution in [-0.2, 0) is 4.74 Å². The number of ether oxygens (including phenoxy) is 1. The number of benzene rings is 1. The van der Waals surface area contributed by atoms with Crippen LogP contribution in [0.15, 0.2) is 65.9 Å². The van der Waals surface area contributed by atoms with Crippen LogP contribution in [0.4, 0.5) is 4.79 Å². The SMILES string of the molecule is CC=CCOC(=O)N=c1ccn(-c2ccccc2)nc1. The third-order valence-electron chi connectivity index (χ3n) is 2.48. The van der Waals surface area contributed by atoms with Gasteiger partial charge in [-0.15, -0.1) is 0 Å². The molecule has 5 heteroatoms. The van der Waals surface area contributed by atoms with Crippen LogP contribution >= 0.6 is 0 Å². The third kappa shape index (κ3) is 3.91. The predicted octanol–water partition coefficient (Wildman–Crippen LogP) is 2.49. The second-order valence-electron chi connectivity index (χ2n) is 3.92. The Labute approximate surface area is 116 Å². The summed E-state index contributed by atoms with van der Waals surface area (Å²) >= 11 is 0. The molecule has 0 aliphatic carbocycles. The fraction of sp³-hybridized carbons (Fsp3) is 0.133. The van der Waals surface area contributed by atoms with Crippen molar-refractivity contribution < 1.29 is 9.53 Å². The maximum atomic E-state index is 11.4. The highest BCUT2D eigenvalue weighted by Crippen LogP contribution is 2.02. The first-order chi connectivity index (χ1) is 9.79. The number of para-hydroxylation sites is 1. The van der Waals surface area contributed by atoms with Gasteiger partial charge >= 0.3 is 6.09 Å². The summed E-state index contributed by atoms with van der Waals surface area (Å²) in [6, 6.07) is 11.4. The van der Waals surface area contributed by atoms with E-state index in [1.54, 1.807) is 29.1 Å². The van der Waals surface area contributed by atoms with Crippen molar-refractivity contribution in [3.05, 3.63) is 66.3 Å². The molecule has 2 rings (SSSR count). The summed E-state index contributed by atoms with van der Waals surface area (Å²) in [5.41, 5.74) is 0.940. The van der Waals surface area contributed by atoms with Crippen LogP contribution in [-0.4, -0.2) is 22.5 Å². The Kier molecular flexibility index (Phi) is 4.83. The summed E-state index contributed by atoms with van der Waals surface area (Å²) in [6.45, 7) is 2.08. The van der Waals surface area contributed by atoms with Crippen molar-refractivity contribution in [1.29, 1.82) is 0 Å². The van der Waals surface area contributed by atoms with E-state index in [4.69, 9.17) is 4.74 Å². The lowest BCUT2D eigenvalue weighted by molar-refractivity contribution is 0.168. The molecule has 0 N–H and O–H groups in total. The zero-order chi connectivity index (χ0) is 14.2. The molecule has 1 aromatic carbocycles. The van der Waals surface area contributed by atoms with Gasteiger partial charge in [-0.3, -0.25) is 0 Å². The van der Waals surface area contributed by atoms with Gasteiger partial charge in [-0.1, -0.05) is 30.4 Å². The summed E-state index contributed by atoms with van der Waals surface area (Å²) in [7, 11) is 0. The summed E-state index contributed by atoms with van der Waals surface area (Å²) in [6.07, 6.45) is 6.18. The second-order valence-corrected chi connectivity index (χ2v) is 3.92. The van der Waals surface area contributed by atoms with E-state index in [0.29, 0.717) is 5.36 Å². The Morgan fingerprint density at radius 2 is 2.15 bits per heavy atom. The molecule has 1 aromatic heterocycles. The number of hydrogen-bond acceptors (Lipinski definition) is 3. The molecular formula is C15H15N3O2. The smallest absolute Gasteiger partial charge is 0.434 e. The fourth-order valence-corrected chi connectivity index (χ4v) is 1.50. The van der Waals surface area contributed by atoms with E-state index in [1.165, 1.54) is 6.20 Å². The Balaban J connectivity index is 2.10. The van der Waals surface area contributed by atoms with Gasteiger partial charge in [-0.05, 0) is 25.1 Å². The molecule has 0 fully saturated rings. The first-order valence-corrected chi connectivity index (χ1v) is 6.22. The highest BCUT2D eigenvalue weighted by Gasteiger charge is 1.97. The number of rotatable bonds is 3. The average Bonchev–Trinajstić information content (AvgIpc) is 2.49. The third-order valence-corrected chi connectivity index (χ3v) is 2.48. The van der Waals surface area contributed by atoms with E-state index in [2.05, 4.69) is 10.1 Å². The molecular weight excluding hydrogens is 254 g/mol. The molecule has 102 valence electrons. The highest BCUT2D eigenvalue weighted by atomic mass is 16.5.